The first-order chi connectivity index (χ1) is 7.99. The molecule has 2 unspecified atom stereocenters. The Kier molecular flexibility index (Phi) is 3.50. The molecule has 1 aliphatic heterocycles. The van der Waals surface area contributed by atoms with E-state index >= 15 is 0 Å². The zero-order chi connectivity index (χ0) is 12.5. The molecule has 17 heavy (non-hydrogen) atoms. The molecule has 0 saturated carbocycles. The number of hydrogen-bond acceptors (Lipinski definition) is 2. The van der Waals surface area contributed by atoms with Gasteiger partial charge in [-0.05, 0) is 13.0 Å². The van der Waals surface area contributed by atoms with Crippen LogP contribution in [0.5, 0.6) is 0 Å². The van der Waals surface area contributed by atoms with Gasteiger partial charge in [0.1, 0.15) is 11.9 Å². The molecule has 1 aliphatic rings. The third kappa shape index (κ3) is 2.85. The van der Waals surface area contributed by atoms with E-state index in [4.69, 9.17) is 4.74 Å². The van der Waals surface area contributed by atoms with Crippen molar-refractivity contribution >= 4 is 0 Å². The number of benzene rings is 1. The van der Waals surface area contributed by atoms with Crippen LogP contribution in [0.15, 0.2) is 24.3 Å². The zero-order valence-corrected chi connectivity index (χ0v) is 10.7. The van der Waals surface area contributed by atoms with Crippen molar-refractivity contribution in [3.05, 3.63) is 35.6 Å². The Labute approximate surface area is 102 Å². The predicted octanol–water partition coefficient (Wildman–Crippen LogP) is 2.90. The fourth-order valence-electron chi connectivity index (χ4n) is 2.12. The fourth-order valence-corrected chi connectivity index (χ4v) is 2.12. The largest absolute Gasteiger partial charge is 0.371 e. The van der Waals surface area contributed by atoms with Crippen LogP contribution in [0.1, 0.15) is 32.4 Å². The summed E-state index contributed by atoms with van der Waals surface area (Å²) in [5.41, 5.74) is 0.735. The summed E-state index contributed by atoms with van der Waals surface area (Å²) in [6, 6.07) is 6.97. The van der Waals surface area contributed by atoms with Gasteiger partial charge in [-0.2, -0.15) is 0 Å². The molecule has 0 aliphatic carbocycles. The average molecular weight is 237 g/mol. The lowest BCUT2D eigenvalue weighted by molar-refractivity contribution is 0.0108. The Bertz CT molecular complexity index is 392. The first-order valence-electron chi connectivity index (χ1n) is 6.09. The van der Waals surface area contributed by atoms with Crippen LogP contribution in [0.3, 0.4) is 0 Å². The summed E-state index contributed by atoms with van der Waals surface area (Å²) in [4.78, 5) is 0. The standard InChI is InChI=1S/C14H20FNO/c1-10-13(11-6-4-5-7-12(11)15)17-9-14(2,3)8-16-10/h4-7,10,13,16H,8-9H2,1-3H3. The second kappa shape index (κ2) is 4.75. The maximum Gasteiger partial charge on any atom is 0.129 e. The molecule has 0 aromatic heterocycles. The van der Waals surface area contributed by atoms with Crippen LogP contribution >= 0.6 is 0 Å². The molecule has 94 valence electrons. The molecule has 2 atom stereocenters. The van der Waals surface area contributed by atoms with Gasteiger partial charge in [-0.1, -0.05) is 32.0 Å². The number of nitrogens with one attached hydrogen (secondary N) is 1. The van der Waals surface area contributed by atoms with Crippen LogP contribution in [0.4, 0.5) is 4.39 Å². The Balaban J connectivity index is 2.23. The Hall–Kier alpha value is -0.930. The summed E-state index contributed by atoms with van der Waals surface area (Å²) in [6.07, 6.45) is -0.210. The van der Waals surface area contributed by atoms with Gasteiger partial charge in [0.2, 0.25) is 0 Å². The zero-order valence-electron chi connectivity index (χ0n) is 10.7. The van der Waals surface area contributed by atoms with E-state index in [1.54, 1.807) is 12.1 Å². The summed E-state index contributed by atoms with van der Waals surface area (Å²) in [6.45, 7) is 7.87. The SMILES string of the molecule is CC1NCC(C)(C)COC1c1ccccc1F. The lowest BCUT2D eigenvalue weighted by Gasteiger charge is -2.23. The van der Waals surface area contributed by atoms with Crippen molar-refractivity contribution in [1.82, 2.24) is 5.32 Å². The molecular weight excluding hydrogens is 217 g/mol. The summed E-state index contributed by atoms with van der Waals surface area (Å²) in [5.74, 6) is -0.189. The van der Waals surface area contributed by atoms with Gasteiger partial charge in [-0.15, -0.1) is 0 Å². The van der Waals surface area contributed by atoms with E-state index in [2.05, 4.69) is 19.2 Å². The fraction of sp³-hybridized carbons (Fsp3) is 0.571. The van der Waals surface area contributed by atoms with Gasteiger partial charge in [-0.3, -0.25) is 0 Å². The van der Waals surface area contributed by atoms with Crippen molar-refractivity contribution in [2.24, 2.45) is 5.41 Å². The molecule has 0 radical (unpaired) electrons. The van der Waals surface area contributed by atoms with E-state index in [0.717, 1.165) is 6.54 Å². The van der Waals surface area contributed by atoms with E-state index in [1.165, 1.54) is 6.07 Å². The lowest BCUT2D eigenvalue weighted by Crippen LogP contribution is -2.35. The van der Waals surface area contributed by atoms with Gasteiger partial charge < -0.3 is 10.1 Å². The summed E-state index contributed by atoms with van der Waals surface area (Å²) < 4.78 is 19.7. The molecule has 0 spiro atoms. The van der Waals surface area contributed by atoms with E-state index < -0.39 is 0 Å². The van der Waals surface area contributed by atoms with Crippen LogP contribution < -0.4 is 5.32 Å². The van der Waals surface area contributed by atoms with Gasteiger partial charge in [-0.25, -0.2) is 4.39 Å². The number of ether oxygens (including phenoxy) is 1. The van der Waals surface area contributed by atoms with E-state index in [0.29, 0.717) is 12.2 Å². The lowest BCUT2D eigenvalue weighted by atomic mass is 9.95. The van der Waals surface area contributed by atoms with Crippen molar-refractivity contribution < 1.29 is 9.13 Å². The first kappa shape index (κ1) is 12.5. The van der Waals surface area contributed by atoms with Crippen molar-refractivity contribution in [1.29, 1.82) is 0 Å². The molecule has 1 N–H and O–H groups in total. The minimum absolute atomic E-state index is 0.0915. The summed E-state index contributed by atoms with van der Waals surface area (Å²) in [5, 5.41) is 3.42. The summed E-state index contributed by atoms with van der Waals surface area (Å²) >= 11 is 0. The van der Waals surface area contributed by atoms with Crippen LogP contribution in [0.25, 0.3) is 0 Å². The highest BCUT2D eigenvalue weighted by Crippen LogP contribution is 2.29. The second-order valence-corrected chi connectivity index (χ2v) is 5.59. The average Bonchev–Trinajstić information content (AvgIpc) is 2.41. The molecule has 0 amide bonds. The molecular formula is C14H20FNO. The van der Waals surface area contributed by atoms with Crippen molar-refractivity contribution in [3.63, 3.8) is 0 Å². The summed E-state index contributed by atoms with van der Waals surface area (Å²) in [7, 11) is 0. The highest BCUT2D eigenvalue weighted by atomic mass is 19.1. The smallest absolute Gasteiger partial charge is 0.129 e. The molecule has 2 nitrogen and oxygen atoms in total. The minimum Gasteiger partial charge on any atom is -0.371 e. The molecule has 1 aromatic carbocycles. The molecule has 1 heterocycles. The number of hydrogen-bond donors (Lipinski definition) is 1. The Morgan fingerprint density at radius 2 is 2.06 bits per heavy atom. The quantitative estimate of drug-likeness (QED) is 0.811. The molecule has 0 bridgehead atoms. The molecule has 2 rings (SSSR count). The highest BCUT2D eigenvalue weighted by molar-refractivity contribution is 5.21. The maximum atomic E-state index is 13.8. The van der Waals surface area contributed by atoms with Gasteiger partial charge >= 0.3 is 0 Å². The second-order valence-electron chi connectivity index (χ2n) is 5.59. The van der Waals surface area contributed by atoms with Crippen molar-refractivity contribution in [2.45, 2.75) is 32.9 Å². The van der Waals surface area contributed by atoms with E-state index in [1.807, 2.05) is 13.0 Å². The third-order valence-electron chi connectivity index (χ3n) is 3.22. The third-order valence-corrected chi connectivity index (χ3v) is 3.22. The van der Waals surface area contributed by atoms with Crippen LogP contribution in [-0.2, 0) is 4.74 Å². The number of halogens is 1. The van der Waals surface area contributed by atoms with Gasteiger partial charge in [0.25, 0.3) is 0 Å². The maximum absolute atomic E-state index is 13.8. The Morgan fingerprint density at radius 3 is 2.76 bits per heavy atom. The van der Waals surface area contributed by atoms with Crippen LogP contribution in [-0.4, -0.2) is 19.2 Å². The van der Waals surface area contributed by atoms with E-state index in [-0.39, 0.29) is 23.4 Å². The first-order valence-corrected chi connectivity index (χ1v) is 6.09. The molecule has 1 saturated heterocycles. The topological polar surface area (TPSA) is 21.3 Å². The molecule has 3 heteroatoms. The molecule has 1 aromatic rings. The van der Waals surface area contributed by atoms with Crippen molar-refractivity contribution in [2.75, 3.05) is 13.2 Å². The van der Waals surface area contributed by atoms with Gasteiger partial charge in [0.05, 0.1) is 6.61 Å². The normalized spacial score (nSPS) is 28.7. The van der Waals surface area contributed by atoms with Gasteiger partial charge in [0.15, 0.2) is 0 Å². The number of rotatable bonds is 1. The van der Waals surface area contributed by atoms with Crippen molar-refractivity contribution in [3.8, 4) is 0 Å². The minimum atomic E-state index is -0.210. The predicted molar refractivity (Wildman–Crippen MR) is 66.3 cm³/mol. The highest BCUT2D eigenvalue weighted by Gasteiger charge is 2.31. The van der Waals surface area contributed by atoms with Gasteiger partial charge in [0, 0.05) is 23.6 Å². The van der Waals surface area contributed by atoms with Crippen LogP contribution in [0, 0.1) is 11.2 Å². The molecule has 1 fully saturated rings. The monoisotopic (exact) mass is 237 g/mol. The van der Waals surface area contributed by atoms with E-state index in [9.17, 15) is 4.39 Å². The Morgan fingerprint density at radius 1 is 1.35 bits per heavy atom. The van der Waals surface area contributed by atoms with Crippen LogP contribution in [0.2, 0.25) is 0 Å².